The van der Waals surface area contributed by atoms with Gasteiger partial charge in [0.25, 0.3) is 10.2 Å². The molecule has 0 unspecified atom stereocenters. The minimum absolute atomic E-state index is 0.391. The van der Waals surface area contributed by atoms with Crippen LogP contribution in [0, 0.1) is 5.82 Å². The van der Waals surface area contributed by atoms with Crippen LogP contribution in [0.2, 0.25) is 0 Å². The number of carbonyl (C=O) groups excluding carboxylic acids is 1. The van der Waals surface area contributed by atoms with E-state index in [1.54, 1.807) is 0 Å². The predicted molar refractivity (Wildman–Crippen MR) is 65.6 cm³/mol. The molecule has 100 valence electrons. The van der Waals surface area contributed by atoms with Gasteiger partial charge in [-0.2, -0.15) is 17.4 Å². The maximum Gasteiger partial charge on any atom is 0.279 e. The molecule has 0 heterocycles. The van der Waals surface area contributed by atoms with Gasteiger partial charge in [-0.25, -0.2) is 4.39 Å². The first kappa shape index (κ1) is 14.6. The number of nitrogens with zero attached hydrogens (tertiary/aromatic N) is 1. The highest BCUT2D eigenvalue weighted by Gasteiger charge is 2.14. The third kappa shape index (κ3) is 4.40. The van der Waals surface area contributed by atoms with Crippen molar-refractivity contribution in [2.45, 2.75) is 0 Å². The minimum Gasteiger partial charge on any atom is -0.325 e. The smallest absolute Gasteiger partial charge is 0.279 e. The molecule has 1 aromatic carbocycles. The van der Waals surface area contributed by atoms with Gasteiger partial charge < -0.3 is 5.32 Å². The van der Waals surface area contributed by atoms with Crippen molar-refractivity contribution in [1.29, 1.82) is 0 Å². The summed E-state index contributed by atoms with van der Waals surface area (Å²) in [5.41, 5.74) is 0.394. The number of carbonyl (C=O) groups is 1. The van der Waals surface area contributed by atoms with Crippen LogP contribution in [-0.2, 0) is 15.0 Å². The first-order valence-electron chi connectivity index (χ1n) is 5.04. The van der Waals surface area contributed by atoms with E-state index in [1.165, 1.54) is 38.4 Å². The lowest BCUT2D eigenvalue weighted by Gasteiger charge is -2.12. The lowest BCUT2D eigenvalue weighted by molar-refractivity contribution is -0.115. The monoisotopic (exact) mass is 275 g/mol. The predicted octanol–water partition coefficient (Wildman–Crippen LogP) is 0.160. The van der Waals surface area contributed by atoms with E-state index < -0.39 is 28.5 Å². The van der Waals surface area contributed by atoms with Crippen LogP contribution in [0.1, 0.15) is 0 Å². The van der Waals surface area contributed by atoms with Crippen LogP contribution < -0.4 is 10.0 Å². The Morgan fingerprint density at radius 3 is 2.33 bits per heavy atom. The average molecular weight is 275 g/mol. The molecular weight excluding hydrogens is 261 g/mol. The Hall–Kier alpha value is -1.51. The van der Waals surface area contributed by atoms with Crippen LogP contribution in [0.15, 0.2) is 24.3 Å². The second kappa shape index (κ2) is 5.89. The summed E-state index contributed by atoms with van der Waals surface area (Å²) in [6.45, 7) is -0.391. The van der Waals surface area contributed by atoms with Gasteiger partial charge in [-0.1, -0.05) is 0 Å². The molecule has 0 bridgehead atoms. The number of hydrogen-bond donors (Lipinski definition) is 2. The van der Waals surface area contributed by atoms with Gasteiger partial charge in [0.2, 0.25) is 5.91 Å². The van der Waals surface area contributed by atoms with E-state index >= 15 is 0 Å². The number of benzene rings is 1. The average Bonchev–Trinajstić information content (AvgIpc) is 2.29. The zero-order chi connectivity index (χ0) is 13.8. The fourth-order valence-electron chi connectivity index (χ4n) is 1.02. The Morgan fingerprint density at radius 1 is 1.28 bits per heavy atom. The maximum atomic E-state index is 12.6. The van der Waals surface area contributed by atoms with Crippen molar-refractivity contribution in [3.63, 3.8) is 0 Å². The summed E-state index contributed by atoms with van der Waals surface area (Å²) in [6, 6.07) is 5.15. The molecule has 0 aliphatic carbocycles. The van der Waals surface area contributed by atoms with Crippen LogP contribution >= 0.6 is 0 Å². The zero-order valence-corrected chi connectivity index (χ0v) is 10.8. The molecule has 1 amide bonds. The zero-order valence-electron chi connectivity index (χ0n) is 9.97. The number of hydrogen-bond acceptors (Lipinski definition) is 3. The Labute approximate surface area is 105 Å². The molecule has 1 aromatic rings. The fourth-order valence-corrected chi connectivity index (χ4v) is 1.60. The molecule has 0 spiro atoms. The topological polar surface area (TPSA) is 78.5 Å². The van der Waals surface area contributed by atoms with E-state index in [0.29, 0.717) is 5.69 Å². The summed E-state index contributed by atoms with van der Waals surface area (Å²) in [7, 11) is -0.935. The summed E-state index contributed by atoms with van der Waals surface area (Å²) in [6.07, 6.45) is 0. The summed E-state index contributed by atoms with van der Waals surface area (Å²) in [4.78, 5) is 11.4. The van der Waals surface area contributed by atoms with E-state index in [4.69, 9.17) is 0 Å². The van der Waals surface area contributed by atoms with E-state index in [1.807, 2.05) is 0 Å². The molecular formula is C10H14FN3O3S. The number of anilines is 1. The van der Waals surface area contributed by atoms with E-state index in [0.717, 1.165) is 4.31 Å². The highest BCUT2D eigenvalue weighted by atomic mass is 32.2. The van der Waals surface area contributed by atoms with Crippen molar-refractivity contribution < 1.29 is 17.6 Å². The fraction of sp³-hybridized carbons (Fsp3) is 0.300. The normalized spacial score (nSPS) is 11.6. The third-order valence-electron chi connectivity index (χ3n) is 2.02. The molecule has 8 heteroatoms. The number of nitrogens with one attached hydrogen (secondary N) is 2. The SMILES string of the molecule is CN(C)S(=O)(=O)NCC(=O)Nc1ccc(F)cc1. The van der Waals surface area contributed by atoms with E-state index in [2.05, 4.69) is 10.0 Å². The van der Waals surface area contributed by atoms with Crippen molar-refractivity contribution in [3.8, 4) is 0 Å². The van der Waals surface area contributed by atoms with Crippen LogP contribution in [0.5, 0.6) is 0 Å². The molecule has 0 aliphatic heterocycles. The number of rotatable bonds is 5. The molecule has 6 nitrogen and oxygen atoms in total. The summed E-state index contributed by atoms with van der Waals surface area (Å²) in [5, 5.41) is 2.43. The number of amides is 1. The van der Waals surface area contributed by atoms with Gasteiger partial charge in [-0.05, 0) is 24.3 Å². The first-order valence-corrected chi connectivity index (χ1v) is 6.48. The first-order chi connectivity index (χ1) is 8.31. The Morgan fingerprint density at radius 2 is 1.83 bits per heavy atom. The molecule has 18 heavy (non-hydrogen) atoms. The second-order valence-electron chi connectivity index (χ2n) is 3.66. The molecule has 1 rings (SSSR count). The Kier molecular flexibility index (Phi) is 4.76. The molecule has 2 N–H and O–H groups in total. The number of halogens is 1. The van der Waals surface area contributed by atoms with Gasteiger partial charge in [0, 0.05) is 19.8 Å². The maximum absolute atomic E-state index is 12.6. The lowest BCUT2D eigenvalue weighted by atomic mass is 10.3. The molecule has 0 aliphatic rings. The van der Waals surface area contributed by atoms with Crippen molar-refractivity contribution in [2.75, 3.05) is 26.0 Å². The lowest BCUT2D eigenvalue weighted by Crippen LogP contribution is -2.40. The third-order valence-corrected chi connectivity index (χ3v) is 3.49. The molecule has 0 saturated heterocycles. The van der Waals surface area contributed by atoms with Crippen molar-refractivity contribution >= 4 is 21.8 Å². The summed E-state index contributed by atoms with van der Waals surface area (Å²) < 4.78 is 38.3. The Balaban J connectivity index is 2.50. The summed E-state index contributed by atoms with van der Waals surface area (Å²) >= 11 is 0. The minimum atomic E-state index is -3.63. The molecule has 0 radical (unpaired) electrons. The van der Waals surface area contributed by atoms with Crippen LogP contribution in [-0.4, -0.2) is 39.3 Å². The van der Waals surface area contributed by atoms with Crippen LogP contribution in [0.25, 0.3) is 0 Å². The van der Waals surface area contributed by atoms with Crippen molar-refractivity contribution in [1.82, 2.24) is 9.03 Å². The molecule has 0 saturated carbocycles. The van der Waals surface area contributed by atoms with Crippen molar-refractivity contribution in [3.05, 3.63) is 30.1 Å². The molecule has 0 fully saturated rings. The van der Waals surface area contributed by atoms with E-state index in [9.17, 15) is 17.6 Å². The van der Waals surface area contributed by atoms with Crippen LogP contribution in [0.4, 0.5) is 10.1 Å². The van der Waals surface area contributed by atoms with Gasteiger partial charge in [0.05, 0.1) is 6.54 Å². The Bertz CT molecular complexity index is 514. The molecule has 0 aromatic heterocycles. The van der Waals surface area contributed by atoms with Gasteiger partial charge in [0.15, 0.2) is 0 Å². The summed E-state index contributed by atoms with van der Waals surface area (Å²) in [5.74, 6) is -0.951. The van der Waals surface area contributed by atoms with Gasteiger partial charge in [-0.15, -0.1) is 0 Å². The van der Waals surface area contributed by atoms with Gasteiger partial charge in [-0.3, -0.25) is 4.79 Å². The highest BCUT2D eigenvalue weighted by molar-refractivity contribution is 7.87. The standard InChI is InChI=1S/C10H14FN3O3S/c1-14(2)18(16,17)12-7-10(15)13-9-5-3-8(11)4-6-9/h3-6,12H,7H2,1-2H3,(H,13,15). The van der Waals surface area contributed by atoms with Gasteiger partial charge >= 0.3 is 0 Å². The van der Waals surface area contributed by atoms with Crippen molar-refractivity contribution in [2.24, 2.45) is 0 Å². The van der Waals surface area contributed by atoms with Crippen LogP contribution in [0.3, 0.4) is 0 Å². The highest BCUT2D eigenvalue weighted by Crippen LogP contribution is 2.07. The largest absolute Gasteiger partial charge is 0.325 e. The second-order valence-corrected chi connectivity index (χ2v) is 5.63. The van der Waals surface area contributed by atoms with E-state index in [-0.39, 0.29) is 0 Å². The molecule has 0 atom stereocenters. The quantitative estimate of drug-likeness (QED) is 0.803. The van der Waals surface area contributed by atoms with Gasteiger partial charge in [0.1, 0.15) is 5.82 Å².